The lowest BCUT2D eigenvalue weighted by molar-refractivity contribution is -0.135. The van der Waals surface area contributed by atoms with Crippen LogP contribution in [0.1, 0.15) is 36.5 Å². The van der Waals surface area contributed by atoms with Gasteiger partial charge in [-0.3, -0.25) is 9.69 Å². The van der Waals surface area contributed by atoms with Crippen molar-refractivity contribution in [1.82, 2.24) is 4.90 Å². The van der Waals surface area contributed by atoms with E-state index in [0.29, 0.717) is 12.5 Å². The lowest BCUT2D eigenvalue weighted by Gasteiger charge is -2.41. The Bertz CT molecular complexity index is 700. The van der Waals surface area contributed by atoms with Gasteiger partial charge in [-0.25, -0.2) is 0 Å². The number of hydrogen-bond acceptors (Lipinski definition) is 3. The van der Waals surface area contributed by atoms with E-state index in [1.54, 1.807) is 0 Å². The van der Waals surface area contributed by atoms with Crippen LogP contribution in [0.3, 0.4) is 0 Å². The van der Waals surface area contributed by atoms with Crippen LogP contribution in [-0.4, -0.2) is 27.9 Å². The SMILES string of the molecule is O=C1C[C@H]2CC[C@@H]([C@@H]1[C@H](O)c1ccccc1)N2Cc1ccccc1. The summed E-state index contributed by atoms with van der Waals surface area (Å²) in [6.45, 7) is 0.863. The number of carbonyl (C=O) groups is 1. The van der Waals surface area contributed by atoms with E-state index in [-0.39, 0.29) is 17.7 Å². The summed E-state index contributed by atoms with van der Waals surface area (Å²) in [6, 6.07) is 20.5. The molecule has 0 amide bonds. The van der Waals surface area contributed by atoms with Crippen molar-refractivity contribution in [2.24, 2.45) is 5.92 Å². The van der Waals surface area contributed by atoms with Crippen molar-refractivity contribution >= 4 is 5.78 Å². The van der Waals surface area contributed by atoms with E-state index in [4.69, 9.17) is 0 Å². The van der Waals surface area contributed by atoms with Gasteiger partial charge in [-0.15, -0.1) is 0 Å². The smallest absolute Gasteiger partial charge is 0.142 e. The highest BCUT2D eigenvalue weighted by Gasteiger charge is 2.49. The number of ketones is 1. The third-order valence-corrected chi connectivity index (χ3v) is 5.60. The summed E-state index contributed by atoms with van der Waals surface area (Å²) >= 11 is 0. The number of hydrogen-bond donors (Lipinski definition) is 1. The molecular formula is C21H23NO2. The molecule has 2 aromatic carbocycles. The number of aliphatic hydroxyl groups excluding tert-OH is 1. The Morgan fingerprint density at radius 1 is 1.00 bits per heavy atom. The van der Waals surface area contributed by atoms with Crippen molar-refractivity contribution in [3.8, 4) is 0 Å². The minimum Gasteiger partial charge on any atom is -0.388 e. The van der Waals surface area contributed by atoms with Gasteiger partial charge in [0.2, 0.25) is 0 Å². The van der Waals surface area contributed by atoms with Gasteiger partial charge in [0, 0.05) is 25.0 Å². The van der Waals surface area contributed by atoms with E-state index in [0.717, 1.165) is 24.9 Å². The monoisotopic (exact) mass is 321 g/mol. The van der Waals surface area contributed by atoms with Crippen LogP contribution in [0, 0.1) is 5.92 Å². The molecule has 1 N–H and O–H groups in total. The quantitative estimate of drug-likeness (QED) is 0.939. The summed E-state index contributed by atoms with van der Waals surface area (Å²) in [7, 11) is 0. The molecule has 0 unspecified atom stereocenters. The van der Waals surface area contributed by atoms with E-state index in [2.05, 4.69) is 29.2 Å². The third-order valence-electron chi connectivity index (χ3n) is 5.60. The fourth-order valence-corrected chi connectivity index (χ4v) is 4.44. The molecule has 2 aliphatic rings. The topological polar surface area (TPSA) is 40.5 Å². The number of carbonyl (C=O) groups excluding carboxylic acids is 1. The zero-order chi connectivity index (χ0) is 16.5. The molecule has 124 valence electrons. The lowest BCUT2D eigenvalue weighted by Crippen LogP contribution is -2.50. The second-order valence-electron chi connectivity index (χ2n) is 7.01. The third kappa shape index (κ3) is 2.79. The number of piperidine rings is 1. The first-order chi connectivity index (χ1) is 11.7. The molecule has 4 atom stereocenters. The fraction of sp³-hybridized carbons (Fsp3) is 0.381. The number of benzene rings is 2. The zero-order valence-corrected chi connectivity index (χ0v) is 13.7. The van der Waals surface area contributed by atoms with Crippen LogP contribution >= 0.6 is 0 Å². The molecule has 3 heteroatoms. The predicted molar refractivity (Wildman–Crippen MR) is 93.3 cm³/mol. The molecule has 24 heavy (non-hydrogen) atoms. The highest BCUT2D eigenvalue weighted by Crippen LogP contribution is 2.43. The standard InChI is InChI=1S/C21H23NO2/c23-19-13-17-11-12-18(22(17)14-15-7-3-1-4-8-15)20(19)21(24)16-9-5-2-6-10-16/h1-10,17-18,20-21,24H,11-14H2/t17-,18+,20+,21-/m1/s1. The minimum absolute atomic E-state index is 0.145. The van der Waals surface area contributed by atoms with Crippen molar-refractivity contribution in [2.75, 3.05) is 0 Å². The van der Waals surface area contributed by atoms with Crippen LogP contribution in [0.5, 0.6) is 0 Å². The summed E-state index contributed by atoms with van der Waals surface area (Å²) in [6.07, 6.45) is 1.91. The van der Waals surface area contributed by atoms with Gasteiger partial charge in [-0.1, -0.05) is 60.7 Å². The minimum atomic E-state index is -0.707. The van der Waals surface area contributed by atoms with Crippen LogP contribution in [0.25, 0.3) is 0 Å². The van der Waals surface area contributed by atoms with Crippen molar-refractivity contribution < 1.29 is 9.90 Å². The maximum absolute atomic E-state index is 12.7. The molecular weight excluding hydrogens is 298 g/mol. The molecule has 2 heterocycles. The number of fused-ring (bicyclic) bond motifs is 2. The van der Waals surface area contributed by atoms with Gasteiger partial charge in [0.05, 0.1) is 12.0 Å². The first kappa shape index (κ1) is 15.6. The molecule has 2 aromatic rings. The molecule has 3 nitrogen and oxygen atoms in total. The Morgan fingerprint density at radius 2 is 1.67 bits per heavy atom. The summed E-state index contributed by atoms with van der Waals surface area (Å²) in [4.78, 5) is 15.1. The second kappa shape index (κ2) is 6.50. The van der Waals surface area contributed by atoms with E-state index < -0.39 is 6.10 Å². The highest BCUT2D eigenvalue weighted by atomic mass is 16.3. The Kier molecular flexibility index (Phi) is 4.21. The highest BCUT2D eigenvalue weighted by molar-refractivity contribution is 5.84. The Labute approximate surface area is 142 Å². The molecule has 0 radical (unpaired) electrons. The molecule has 0 aliphatic carbocycles. The van der Waals surface area contributed by atoms with Gasteiger partial charge in [-0.05, 0) is 24.0 Å². The van der Waals surface area contributed by atoms with E-state index in [1.165, 1.54) is 5.56 Å². The molecule has 0 spiro atoms. The lowest BCUT2D eigenvalue weighted by atomic mass is 9.81. The Balaban J connectivity index is 1.59. The number of nitrogens with zero attached hydrogens (tertiary/aromatic N) is 1. The van der Waals surface area contributed by atoms with Crippen molar-refractivity contribution in [2.45, 2.75) is 44.0 Å². The summed E-state index contributed by atoms with van der Waals surface area (Å²) in [5.41, 5.74) is 2.12. The van der Waals surface area contributed by atoms with E-state index in [9.17, 15) is 9.90 Å². The molecule has 2 fully saturated rings. The van der Waals surface area contributed by atoms with Gasteiger partial charge < -0.3 is 5.11 Å². The van der Waals surface area contributed by atoms with Crippen molar-refractivity contribution in [3.63, 3.8) is 0 Å². The second-order valence-corrected chi connectivity index (χ2v) is 7.01. The Morgan fingerprint density at radius 3 is 2.38 bits per heavy atom. The average Bonchev–Trinajstić information content (AvgIpc) is 2.89. The van der Waals surface area contributed by atoms with Crippen LogP contribution in [-0.2, 0) is 11.3 Å². The van der Waals surface area contributed by atoms with Crippen LogP contribution in [0.4, 0.5) is 0 Å². The van der Waals surface area contributed by atoms with Crippen molar-refractivity contribution in [1.29, 1.82) is 0 Å². The molecule has 2 bridgehead atoms. The number of Topliss-reactive ketones (excluding diaryl/α,β-unsaturated/α-hetero) is 1. The normalized spacial score (nSPS) is 28.0. The number of aliphatic hydroxyl groups is 1. The average molecular weight is 321 g/mol. The molecule has 2 aliphatic heterocycles. The summed E-state index contributed by atoms with van der Waals surface area (Å²) in [5, 5.41) is 10.9. The van der Waals surface area contributed by atoms with Gasteiger partial charge in [0.25, 0.3) is 0 Å². The fourth-order valence-electron chi connectivity index (χ4n) is 4.44. The van der Waals surface area contributed by atoms with Crippen LogP contribution in [0.15, 0.2) is 60.7 Å². The first-order valence-corrected chi connectivity index (χ1v) is 8.79. The largest absolute Gasteiger partial charge is 0.388 e. The maximum Gasteiger partial charge on any atom is 0.142 e. The van der Waals surface area contributed by atoms with Gasteiger partial charge in [0.15, 0.2) is 0 Å². The van der Waals surface area contributed by atoms with Crippen LogP contribution < -0.4 is 0 Å². The maximum atomic E-state index is 12.7. The molecule has 4 rings (SSSR count). The van der Waals surface area contributed by atoms with E-state index >= 15 is 0 Å². The molecule has 0 saturated carbocycles. The molecule has 0 aromatic heterocycles. The summed E-state index contributed by atoms with van der Waals surface area (Å²) < 4.78 is 0. The molecule has 2 saturated heterocycles. The van der Waals surface area contributed by atoms with Gasteiger partial charge in [0.1, 0.15) is 5.78 Å². The van der Waals surface area contributed by atoms with Gasteiger partial charge >= 0.3 is 0 Å². The van der Waals surface area contributed by atoms with E-state index in [1.807, 2.05) is 36.4 Å². The summed E-state index contributed by atoms with van der Waals surface area (Å²) in [5.74, 6) is -0.0852. The zero-order valence-electron chi connectivity index (χ0n) is 13.7. The Hall–Kier alpha value is -1.97. The van der Waals surface area contributed by atoms with Gasteiger partial charge in [-0.2, -0.15) is 0 Å². The predicted octanol–water partition coefficient (Wildman–Crippen LogP) is 3.34. The van der Waals surface area contributed by atoms with Crippen LogP contribution in [0.2, 0.25) is 0 Å². The number of rotatable bonds is 4. The van der Waals surface area contributed by atoms with Crippen molar-refractivity contribution in [3.05, 3.63) is 71.8 Å². The first-order valence-electron chi connectivity index (χ1n) is 8.79.